The fourth-order valence-electron chi connectivity index (χ4n) is 2.31. The molecular weight excluding hydrogens is 272 g/mol. The maximum absolute atomic E-state index is 10.8. The molecule has 0 heterocycles. The van der Waals surface area contributed by atoms with E-state index in [0.717, 1.165) is 28.7 Å². The summed E-state index contributed by atoms with van der Waals surface area (Å²) in [5.74, 6) is 0.838. The number of ether oxygens (including phenoxy) is 1. The number of rotatable bonds is 5. The Bertz CT molecular complexity index is 746. The normalized spacial score (nSPS) is 10.2. The lowest BCUT2D eigenvalue weighted by molar-refractivity contribution is 0.112. The van der Waals surface area contributed by atoms with Crippen molar-refractivity contribution in [2.45, 2.75) is 6.61 Å². The van der Waals surface area contributed by atoms with Crippen LogP contribution in [0.15, 0.2) is 78.9 Å². The van der Waals surface area contributed by atoms with Crippen LogP contribution in [0, 0.1) is 0 Å². The highest BCUT2D eigenvalue weighted by Gasteiger charge is 2.06. The summed E-state index contributed by atoms with van der Waals surface area (Å²) in [5, 5.41) is 0. The highest BCUT2D eigenvalue weighted by atomic mass is 16.5. The smallest absolute Gasteiger partial charge is 0.150 e. The fourth-order valence-corrected chi connectivity index (χ4v) is 2.31. The Morgan fingerprint density at radius 2 is 1.45 bits per heavy atom. The number of hydrogen-bond donors (Lipinski definition) is 0. The van der Waals surface area contributed by atoms with Gasteiger partial charge < -0.3 is 4.74 Å². The van der Waals surface area contributed by atoms with E-state index in [4.69, 9.17) is 4.74 Å². The summed E-state index contributed by atoms with van der Waals surface area (Å²) in [4.78, 5) is 10.8. The number of hydrogen-bond acceptors (Lipinski definition) is 2. The first-order valence-electron chi connectivity index (χ1n) is 7.18. The average Bonchev–Trinajstić information content (AvgIpc) is 2.61. The molecule has 22 heavy (non-hydrogen) atoms. The van der Waals surface area contributed by atoms with Gasteiger partial charge in [-0.25, -0.2) is 0 Å². The van der Waals surface area contributed by atoms with Crippen LogP contribution in [0.25, 0.3) is 11.1 Å². The minimum atomic E-state index is 0.532. The van der Waals surface area contributed by atoms with Crippen LogP contribution >= 0.6 is 0 Å². The van der Waals surface area contributed by atoms with Crippen molar-refractivity contribution in [1.29, 1.82) is 0 Å². The third-order valence-corrected chi connectivity index (χ3v) is 3.48. The second-order valence-electron chi connectivity index (χ2n) is 5.01. The summed E-state index contributed by atoms with van der Waals surface area (Å²) in [6.07, 6.45) is 0.849. The average molecular weight is 288 g/mol. The molecule has 2 nitrogen and oxygen atoms in total. The number of carbonyl (C=O) groups excluding carboxylic acids is 1. The van der Waals surface area contributed by atoms with E-state index in [0.29, 0.717) is 12.2 Å². The van der Waals surface area contributed by atoms with Gasteiger partial charge in [0.1, 0.15) is 18.6 Å². The Morgan fingerprint density at radius 1 is 0.773 bits per heavy atom. The van der Waals surface area contributed by atoms with Crippen molar-refractivity contribution in [3.05, 3.63) is 90.0 Å². The van der Waals surface area contributed by atoms with Crippen LogP contribution in [0.5, 0.6) is 5.75 Å². The van der Waals surface area contributed by atoms with E-state index in [1.165, 1.54) is 0 Å². The molecule has 0 atom stereocenters. The van der Waals surface area contributed by atoms with E-state index >= 15 is 0 Å². The topological polar surface area (TPSA) is 26.3 Å². The van der Waals surface area contributed by atoms with Crippen LogP contribution in [-0.4, -0.2) is 6.29 Å². The Kier molecular flexibility index (Phi) is 4.30. The molecule has 0 fully saturated rings. The molecule has 0 amide bonds. The standard InChI is InChI=1S/C20H16O2/c21-14-16-10-12-18(13-11-16)19-8-4-5-9-20(19)22-15-17-6-2-1-3-7-17/h1-14H,15H2. The maximum atomic E-state index is 10.8. The molecule has 0 N–H and O–H groups in total. The number of para-hydroxylation sites is 1. The van der Waals surface area contributed by atoms with Crippen molar-refractivity contribution in [1.82, 2.24) is 0 Å². The second-order valence-corrected chi connectivity index (χ2v) is 5.01. The van der Waals surface area contributed by atoms with Crippen molar-refractivity contribution in [3.8, 4) is 16.9 Å². The van der Waals surface area contributed by atoms with Crippen molar-refractivity contribution in [3.63, 3.8) is 0 Å². The summed E-state index contributed by atoms with van der Waals surface area (Å²) < 4.78 is 5.96. The molecule has 108 valence electrons. The predicted molar refractivity (Wildman–Crippen MR) is 88.0 cm³/mol. The Hall–Kier alpha value is -2.87. The lowest BCUT2D eigenvalue weighted by Gasteiger charge is -2.12. The van der Waals surface area contributed by atoms with E-state index < -0.39 is 0 Å². The zero-order valence-electron chi connectivity index (χ0n) is 12.1. The highest BCUT2D eigenvalue weighted by molar-refractivity contribution is 5.78. The molecule has 0 spiro atoms. The van der Waals surface area contributed by atoms with Gasteiger partial charge in [0.2, 0.25) is 0 Å². The van der Waals surface area contributed by atoms with Gasteiger partial charge in [-0.3, -0.25) is 4.79 Å². The molecule has 0 bridgehead atoms. The Labute approximate surface area is 130 Å². The van der Waals surface area contributed by atoms with Gasteiger partial charge in [0.15, 0.2) is 0 Å². The second kappa shape index (κ2) is 6.72. The molecule has 0 aliphatic carbocycles. The van der Waals surface area contributed by atoms with E-state index in [-0.39, 0.29) is 0 Å². The van der Waals surface area contributed by atoms with Gasteiger partial charge in [0.25, 0.3) is 0 Å². The van der Waals surface area contributed by atoms with Gasteiger partial charge in [-0.05, 0) is 17.2 Å². The fraction of sp³-hybridized carbons (Fsp3) is 0.0500. The SMILES string of the molecule is O=Cc1ccc(-c2ccccc2OCc2ccccc2)cc1. The molecular formula is C20H16O2. The summed E-state index contributed by atoms with van der Waals surface area (Å²) in [6.45, 7) is 0.532. The molecule has 0 radical (unpaired) electrons. The van der Waals surface area contributed by atoms with Gasteiger partial charge in [0.05, 0.1) is 0 Å². The van der Waals surface area contributed by atoms with E-state index in [1.807, 2.05) is 78.9 Å². The molecule has 2 heteroatoms. The van der Waals surface area contributed by atoms with Crippen molar-refractivity contribution in [2.75, 3.05) is 0 Å². The highest BCUT2D eigenvalue weighted by Crippen LogP contribution is 2.30. The first kappa shape index (κ1) is 14.1. The van der Waals surface area contributed by atoms with Crippen molar-refractivity contribution in [2.24, 2.45) is 0 Å². The van der Waals surface area contributed by atoms with Gasteiger partial charge in [-0.2, -0.15) is 0 Å². The van der Waals surface area contributed by atoms with Gasteiger partial charge in [-0.1, -0.05) is 72.8 Å². The molecule has 3 rings (SSSR count). The minimum Gasteiger partial charge on any atom is -0.488 e. The minimum absolute atomic E-state index is 0.532. The van der Waals surface area contributed by atoms with Gasteiger partial charge in [0, 0.05) is 11.1 Å². The van der Waals surface area contributed by atoms with Crippen LogP contribution < -0.4 is 4.74 Å². The summed E-state index contributed by atoms with van der Waals surface area (Å²) in [5.41, 5.74) is 3.87. The van der Waals surface area contributed by atoms with Crippen molar-refractivity contribution < 1.29 is 9.53 Å². The largest absolute Gasteiger partial charge is 0.488 e. The third kappa shape index (κ3) is 3.23. The van der Waals surface area contributed by atoms with Gasteiger partial charge >= 0.3 is 0 Å². The molecule has 0 saturated carbocycles. The monoisotopic (exact) mass is 288 g/mol. The Balaban J connectivity index is 1.84. The van der Waals surface area contributed by atoms with E-state index in [9.17, 15) is 4.79 Å². The first-order chi connectivity index (χ1) is 10.9. The summed E-state index contributed by atoms with van der Waals surface area (Å²) in [6, 6.07) is 25.5. The molecule has 0 aliphatic heterocycles. The molecule has 0 unspecified atom stereocenters. The van der Waals surface area contributed by atoms with Crippen LogP contribution in [0.2, 0.25) is 0 Å². The molecule has 0 saturated heterocycles. The van der Waals surface area contributed by atoms with E-state index in [2.05, 4.69) is 0 Å². The number of aldehydes is 1. The third-order valence-electron chi connectivity index (χ3n) is 3.48. The van der Waals surface area contributed by atoms with Gasteiger partial charge in [-0.15, -0.1) is 0 Å². The molecule has 0 aromatic heterocycles. The maximum Gasteiger partial charge on any atom is 0.150 e. The van der Waals surface area contributed by atoms with Crippen LogP contribution in [0.1, 0.15) is 15.9 Å². The van der Waals surface area contributed by atoms with Crippen LogP contribution in [0.3, 0.4) is 0 Å². The summed E-state index contributed by atoms with van der Waals surface area (Å²) >= 11 is 0. The van der Waals surface area contributed by atoms with Crippen LogP contribution in [0.4, 0.5) is 0 Å². The molecule has 0 aliphatic rings. The zero-order valence-corrected chi connectivity index (χ0v) is 12.1. The lowest BCUT2D eigenvalue weighted by atomic mass is 10.0. The number of carbonyl (C=O) groups is 1. The van der Waals surface area contributed by atoms with Crippen LogP contribution in [-0.2, 0) is 6.61 Å². The summed E-state index contributed by atoms with van der Waals surface area (Å²) in [7, 11) is 0. The predicted octanol–water partition coefficient (Wildman–Crippen LogP) is 4.75. The first-order valence-corrected chi connectivity index (χ1v) is 7.18. The van der Waals surface area contributed by atoms with E-state index in [1.54, 1.807) is 0 Å². The Morgan fingerprint density at radius 3 is 2.18 bits per heavy atom. The molecule has 3 aromatic carbocycles. The quantitative estimate of drug-likeness (QED) is 0.634. The lowest BCUT2D eigenvalue weighted by Crippen LogP contribution is -1.96. The number of benzene rings is 3. The zero-order chi connectivity index (χ0) is 15.2. The molecule has 3 aromatic rings. The van der Waals surface area contributed by atoms with Crippen molar-refractivity contribution >= 4 is 6.29 Å².